The lowest BCUT2D eigenvalue weighted by atomic mass is 10.2. The minimum absolute atomic E-state index is 0.281. The smallest absolute Gasteiger partial charge is 0.286 e. The highest BCUT2D eigenvalue weighted by Crippen LogP contribution is 2.17. The van der Waals surface area contributed by atoms with Gasteiger partial charge in [-0.3, -0.25) is 9.69 Å². The van der Waals surface area contributed by atoms with Gasteiger partial charge in [0.05, 0.1) is 6.54 Å². The second kappa shape index (κ2) is 9.64. The predicted octanol–water partition coefficient (Wildman–Crippen LogP) is 4.26. The number of aromatic nitrogens is 2. The highest BCUT2D eigenvalue weighted by Gasteiger charge is 2.14. The van der Waals surface area contributed by atoms with E-state index in [9.17, 15) is 4.79 Å². The van der Waals surface area contributed by atoms with Crippen molar-refractivity contribution in [1.82, 2.24) is 15.1 Å². The summed E-state index contributed by atoms with van der Waals surface area (Å²) in [6, 6.07) is 14.9. The van der Waals surface area contributed by atoms with Crippen LogP contribution in [0, 0.1) is 6.92 Å². The Bertz CT molecular complexity index is 913. The van der Waals surface area contributed by atoms with Gasteiger partial charge in [-0.25, -0.2) is 0 Å². The molecule has 1 amide bonds. The fourth-order valence-electron chi connectivity index (χ4n) is 2.39. The minimum atomic E-state index is -0.281. The van der Waals surface area contributed by atoms with Crippen LogP contribution < -0.4 is 10.1 Å². The number of aryl methyl sites for hydroxylation is 1. The van der Waals surface area contributed by atoms with Crippen molar-refractivity contribution in [2.24, 2.45) is 0 Å². The van der Waals surface area contributed by atoms with Gasteiger partial charge in [-0.1, -0.05) is 40.6 Å². The molecule has 3 aromatic rings. The molecule has 0 aliphatic rings. The summed E-state index contributed by atoms with van der Waals surface area (Å²) in [6.45, 7) is 3.95. The van der Waals surface area contributed by atoms with Crippen LogP contribution in [0.25, 0.3) is 0 Å². The third kappa shape index (κ3) is 6.02. The lowest BCUT2D eigenvalue weighted by molar-refractivity contribution is 0.102. The van der Waals surface area contributed by atoms with Crippen LogP contribution in [0.15, 0.2) is 48.5 Å². The first-order chi connectivity index (χ1) is 13.5. The van der Waals surface area contributed by atoms with Crippen LogP contribution in [0.5, 0.6) is 5.75 Å². The summed E-state index contributed by atoms with van der Waals surface area (Å²) in [5.74, 6) is 0.576. The number of ether oxygens (including phenoxy) is 1. The Hall–Kier alpha value is -2.48. The van der Waals surface area contributed by atoms with Crippen LogP contribution in [-0.4, -0.2) is 41.2 Å². The summed E-state index contributed by atoms with van der Waals surface area (Å²) < 4.78 is 5.74. The zero-order valence-corrected chi connectivity index (χ0v) is 17.3. The number of rotatable bonds is 8. The van der Waals surface area contributed by atoms with Crippen molar-refractivity contribution < 1.29 is 9.53 Å². The molecule has 0 aliphatic heterocycles. The van der Waals surface area contributed by atoms with E-state index in [0.717, 1.165) is 17.3 Å². The van der Waals surface area contributed by atoms with E-state index in [1.54, 1.807) is 24.3 Å². The Morgan fingerprint density at radius 3 is 2.57 bits per heavy atom. The average Bonchev–Trinajstić information content (AvgIpc) is 3.14. The molecule has 1 aromatic heterocycles. The van der Waals surface area contributed by atoms with E-state index in [4.69, 9.17) is 16.3 Å². The second-order valence-corrected chi connectivity index (χ2v) is 7.86. The molecule has 1 heterocycles. The number of nitrogens with one attached hydrogen (secondary N) is 1. The number of carbonyl (C=O) groups is 1. The van der Waals surface area contributed by atoms with Gasteiger partial charge in [-0.2, -0.15) is 0 Å². The normalized spacial score (nSPS) is 10.9. The number of benzene rings is 2. The molecule has 0 fully saturated rings. The third-order valence-electron chi connectivity index (χ3n) is 3.93. The van der Waals surface area contributed by atoms with E-state index in [0.29, 0.717) is 28.9 Å². The highest BCUT2D eigenvalue weighted by atomic mass is 35.5. The van der Waals surface area contributed by atoms with E-state index in [1.807, 2.05) is 38.2 Å². The molecule has 6 nitrogen and oxygen atoms in total. The van der Waals surface area contributed by atoms with Crippen molar-refractivity contribution in [2.45, 2.75) is 13.5 Å². The zero-order valence-electron chi connectivity index (χ0n) is 15.7. The fraction of sp³-hybridized carbons (Fsp3) is 0.250. The summed E-state index contributed by atoms with van der Waals surface area (Å²) in [6.07, 6.45) is 0. The van der Waals surface area contributed by atoms with Crippen molar-refractivity contribution in [3.63, 3.8) is 0 Å². The predicted molar refractivity (Wildman–Crippen MR) is 112 cm³/mol. The van der Waals surface area contributed by atoms with Gasteiger partial charge in [-0.05, 0) is 50.4 Å². The van der Waals surface area contributed by atoms with E-state index < -0.39 is 0 Å². The summed E-state index contributed by atoms with van der Waals surface area (Å²) in [5, 5.41) is 12.6. The average molecular weight is 417 g/mol. The molecule has 0 radical (unpaired) electrons. The topological polar surface area (TPSA) is 67.3 Å². The minimum Gasteiger partial charge on any atom is -0.492 e. The molecule has 146 valence electrons. The molecular weight excluding hydrogens is 396 g/mol. The molecule has 2 aromatic carbocycles. The standard InChI is InChI=1S/C20H21ClN4O2S/c1-14-3-9-17(10-4-14)27-12-11-25(2)13-18-23-24-20(28-18)19(26)22-16-7-5-15(21)6-8-16/h3-10H,11-13H2,1-2H3,(H,22,26). The molecule has 0 bridgehead atoms. The van der Waals surface area contributed by atoms with Gasteiger partial charge in [-0.15, -0.1) is 10.2 Å². The molecule has 0 saturated heterocycles. The molecule has 28 heavy (non-hydrogen) atoms. The Morgan fingerprint density at radius 2 is 1.86 bits per heavy atom. The van der Waals surface area contributed by atoms with Gasteiger partial charge in [0.2, 0.25) is 5.01 Å². The molecule has 0 spiro atoms. The van der Waals surface area contributed by atoms with Gasteiger partial charge in [0.25, 0.3) is 5.91 Å². The van der Waals surface area contributed by atoms with Crippen LogP contribution in [0.3, 0.4) is 0 Å². The number of nitrogens with zero attached hydrogens (tertiary/aromatic N) is 3. The van der Waals surface area contributed by atoms with Crippen LogP contribution >= 0.6 is 22.9 Å². The van der Waals surface area contributed by atoms with Gasteiger partial charge >= 0.3 is 0 Å². The second-order valence-electron chi connectivity index (χ2n) is 6.36. The lowest BCUT2D eigenvalue weighted by Gasteiger charge is -2.15. The number of anilines is 1. The molecule has 8 heteroatoms. The van der Waals surface area contributed by atoms with Crippen molar-refractivity contribution in [1.29, 1.82) is 0 Å². The van der Waals surface area contributed by atoms with Gasteiger partial charge < -0.3 is 10.1 Å². The summed E-state index contributed by atoms with van der Waals surface area (Å²) in [4.78, 5) is 14.4. The number of likely N-dealkylation sites (N-methyl/N-ethyl adjacent to an activating group) is 1. The van der Waals surface area contributed by atoms with Crippen LogP contribution in [-0.2, 0) is 6.54 Å². The van der Waals surface area contributed by atoms with E-state index in [1.165, 1.54) is 16.9 Å². The maximum atomic E-state index is 12.3. The lowest BCUT2D eigenvalue weighted by Crippen LogP contribution is -2.23. The first-order valence-electron chi connectivity index (χ1n) is 8.77. The van der Waals surface area contributed by atoms with Crippen LogP contribution in [0.2, 0.25) is 5.02 Å². The van der Waals surface area contributed by atoms with Crippen LogP contribution in [0.4, 0.5) is 5.69 Å². The molecule has 0 saturated carbocycles. The van der Waals surface area contributed by atoms with Crippen molar-refractivity contribution in [2.75, 3.05) is 25.5 Å². The molecule has 3 rings (SSSR count). The quantitative estimate of drug-likeness (QED) is 0.594. The monoisotopic (exact) mass is 416 g/mol. The molecular formula is C20H21ClN4O2S. The van der Waals surface area contributed by atoms with Crippen molar-refractivity contribution >= 4 is 34.5 Å². The first kappa shape index (κ1) is 20.3. The maximum absolute atomic E-state index is 12.3. The van der Waals surface area contributed by atoms with E-state index in [-0.39, 0.29) is 5.91 Å². The Morgan fingerprint density at radius 1 is 1.14 bits per heavy atom. The number of hydrogen-bond donors (Lipinski definition) is 1. The Balaban J connectivity index is 1.45. The molecule has 0 aliphatic carbocycles. The number of hydrogen-bond acceptors (Lipinski definition) is 6. The van der Waals surface area contributed by atoms with Gasteiger partial charge in [0.15, 0.2) is 0 Å². The first-order valence-corrected chi connectivity index (χ1v) is 9.96. The van der Waals surface area contributed by atoms with E-state index in [2.05, 4.69) is 20.4 Å². The summed E-state index contributed by atoms with van der Waals surface area (Å²) >= 11 is 7.13. The molecule has 0 atom stereocenters. The van der Waals surface area contributed by atoms with Crippen molar-refractivity contribution in [3.05, 3.63) is 69.1 Å². The largest absolute Gasteiger partial charge is 0.492 e. The highest BCUT2D eigenvalue weighted by molar-refractivity contribution is 7.13. The zero-order chi connectivity index (χ0) is 19.9. The molecule has 1 N–H and O–H groups in total. The Kier molecular flexibility index (Phi) is 6.97. The number of halogens is 1. The maximum Gasteiger partial charge on any atom is 0.286 e. The third-order valence-corrected chi connectivity index (χ3v) is 5.09. The summed E-state index contributed by atoms with van der Waals surface area (Å²) in [7, 11) is 1.98. The molecule has 0 unspecified atom stereocenters. The van der Waals surface area contributed by atoms with Gasteiger partial charge in [0, 0.05) is 17.3 Å². The summed E-state index contributed by atoms with van der Waals surface area (Å²) in [5.41, 5.74) is 1.87. The number of amides is 1. The van der Waals surface area contributed by atoms with Crippen LogP contribution in [0.1, 0.15) is 20.4 Å². The number of carbonyl (C=O) groups excluding carboxylic acids is 1. The fourth-order valence-corrected chi connectivity index (χ4v) is 3.33. The van der Waals surface area contributed by atoms with Gasteiger partial charge in [0.1, 0.15) is 17.4 Å². The Labute approximate surface area is 173 Å². The SMILES string of the molecule is Cc1ccc(OCCN(C)Cc2nnc(C(=O)Nc3ccc(Cl)cc3)s2)cc1. The van der Waals surface area contributed by atoms with E-state index >= 15 is 0 Å². The van der Waals surface area contributed by atoms with Crippen molar-refractivity contribution in [3.8, 4) is 5.75 Å².